The van der Waals surface area contributed by atoms with Crippen LogP contribution in [0.3, 0.4) is 0 Å². The van der Waals surface area contributed by atoms with Crippen LogP contribution in [0.5, 0.6) is 17.4 Å². The molecular weight excluding hydrogens is 460 g/mol. The largest absolute Gasteiger partial charge is 0.490 e. The minimum Gasteiger partial charge on any atom is -0.490 e. The van der Waals surface area contributed by atoms with Gasteiger partial charge in [-0.2, -0.15) is 26.6 Å². The zero-order valence-corrected chi connectivity index (χ0v) is 14.7. The van der Waals surface area contributed by atoms with Crippen molar-refractivity contribution in [2.75, 3.05) is 7.11 Å². The van der Waals surface area contributed by atoms with Crippen LogP contribution in [0.25, 0.3) is 0 Å². The summed E-state index contributed by atoms with van der Waals surface area (Å²) in [5.74, 6) is -1.52. The molecule has 26 heavy (non-hydrogen) atoms. The molecule has 1 aromatic carbocycles. The van der Waals surface area contributed by atoms with Crippen molar-refractivity contribution < 1.29 is 36.3 Å². The van der Waals surface area contributed by atoms with Crippen LogP contribution in [0.2, 0.25) is 5.02 Å². The van der Waals surface area contributed by atoms with Crippen LogP contribution >= 0.6 is 27.5 Å². The number of methoxy groups -OCH3 is 1. The summed E-state index contributed by atoms with van der Waals surface area (Å²) in [6.45, 7) is 0. The number of halogens is 7. The Morgan fingerprint density at radius 3 is 2.35 bits per heavy atom. The van der Waals surface area contributed by atoms with Gasteiger partial charge in [0.25, 0.3) is 5.88 Å². The third-order valence-corrected chi connectivity index (χ3v) is 3.55. The molecule has 0 N–H and O–H groups in total. The molecule has 7 nitrogen and oxygen atoms in total. The van der Waals surface area contributed by atoms with E-state index in [2.05, 4.69) is 5.10 Å². The van der Waals surface area contributed by atoms with Gasteiger partial charge in [0.1, 0.15) is 10.8 Å². The molecule has 0 saturated heterocycles. The number of nitro benzene ring substituents is 1. The minimum absolute atomic E-state index is 0.273. The van der Waals surface area contributed by atoms with Gasteiger partial charge in [0.2, 0.25) is 5.75 Å². The van der Waals surface area contributed by atoms with Crippen molar-refractivity contribution in [1.29, 1.82) is 0 Å². The second-order valence-electron chi connectivity index (χ2n) is 4.54. The molecule has 142 valence electrons. The van der Waals surface area contributed by atoms with E-state index < -0.39 is 43.0 Å². The van der Waals surface area contributed by atoms with E-state index in [0.717, 1.165) is 25.3 Å². The zero-order valence-electron chi connectivity index (χ0n) is 12.4. The predicted molar refractivity (Wildman–Crippen MR) is 81.1 cm³/mol. The lowest BCUT2D eigenvalue weighted by atomic mass is 10.3. The van der Waals surface area contributed by atoms with Crippen LogP contribution < -0.4 is 9.47 Å². The fourth-order valence-corrected chi connectivity index (χ4v) is 2.38. The van der Waals surface area contributed by atoms with Crippen molar-refractivity contribution >= 4 is 33.2 Å². The third kappa shape index (κ3) is 3.98. The van der Waals surface area contributed by atoms with Gasteiger partial charge in [0.15, 0.2) is 5.69 Å². The van der Waals surface area contributed by atoms with E-state index in [1.54, 1.807) is 15.9 Å². The fraction of sp³-hybridized carbons (Fsp3) is 0.250. The van der Waals surface area contributed by atoms with Gasteiger partial charge >= 0.3 is 16.8 Å². The molecule has 2 aromatic rings. The van der Waals surface area contributed by atoms with Gasteiger partial charge in [-0.15, -0.1) is 5.10 Å². The molecule has 0 aliphatic heterocycles. The first kappa shape index (κ1) is 20.2. The maximum absolute atomic E-state index is 13.3. The number of rotatable bonds is 5. The van der Waals surface area contributed by atoms with Crippen LogP contribution in [0, 0.1) is 10.1 Å². The second-order valence-corrected chi connectivity index (χ2v) is 5.87. The molecule has 0 aliphatic carbocycles. The summed E-state index contributed by atoms with van der Waals surface area (Å²) in [6, 6.07) is 2.92. The molecule has 0 aliphatic rings. The Balaban J connectivity index is 2.51. The van der Waals surface area contributed by atoms with E-state index in [-0.39, 0.29) is 11.5 Å². The highest BCUT2D eigenvalue weighted by Gasteiger charge is 2.46. The fourth-order valence-electron chi connectivity index (χ4n) is 1.86. The standard InChI is InChI=1S/C12H6BrClF5N3O4/c1-25-7-4-5(2-3-6(7)22(23)24)26-10-8(14)9(11(15,16)17)21(20-10)12(13,18)19/h2-4H,1H3. The van der Waals surface area contributed by atoms with E-state index in [0.29, 0.717) is 0 Å². The van der Waals surface area contributed by atoms with E-state index in [1.165, 1.54) is 0 Å². The number of alkyl halides is 6. The Morgan fingerprint density at radius 1 is 1.31 bits per heavy atom. The molecule has 0 radical (unpaired) electrons. The van der Waals surface area contributed by atoms with Gasteiger partial charge < -0.3 is 9.47 Å². The summed E-state index contributed by atoms with van der Waals surface area (Å²) < 4.78 is 74.8. The third-order valence-electron chi connectivity index (χ3n) is 2.87. The number of nitro groups is 1. The number of ether oxygens (including phenoxy) is 2. The minimum atomic E-state index is -5.25. The van der Waals surface area contributed by atoms with E-state index in [1.807, 2.05) is 0 Å². The van der Waals surface area contributed by atoms with Crippen LogP contribution in [-0.2, 0) is 11.1 Å². The molecule has 1 heterocycles. The van der Waals surface area contributed by atoms with Crippen molar-refractivity contribution in [3.05, 3.63) is 39.0 Å². The monoisotopic (exact) mass is 465 g/mol. The quantitative estimate of drug-likeness (QED) is 0.263. The molecule has 0 spiro atoms. The summed E-state index contributed by atoms with van der Waals surface area (Å²) in [5.41, 5.74) is -2.38. The summed E-state index contributed by atoms with van der Waals surface area (Å²) in [7, 11) is 1.11. The van der Waals surface area contributed by atoms with Crippen molar-refractivity contribution in [2.45, 2.75) is 11.1 Å². The van der Waals surface area contributed by atoms with Crippen molar-refractivity contribution in [1.82, 2.24) is 9.78 Å². The lowest BCUT2D eigenvalue weighted by molar-refractivity contribution is -0.385. The molecular formula is C12H6BrClF5N3O4. The molecule has 0 amide bonds. The molecule has 2 rings (SSSR count). The van der Waals surface area contributed by atoms with E-state index >= 15 is 0 Å². The number of hydrogen-bond donors (Lipinski definition) is 0. The summed E-state index contributed by atoms with van der Waals surface area (Å²) in [4.78, 5) is 5.84. The maximum Gasteiger partial charge on any atom is 0.434 e. The van der Waals surface area contributed by atoms with Crippen molar-refractivity contribution in [2.24, 2.45) is 0 Å². The first-order chi connectivity index (χ1) is 11.9. The van der Waals surface area contributed by atoms with Gasteiger partial charge in [-0.1, -0.05) is 11.6 Å². The Hall–Kier alpha value is -2.15. The van der Waals surface area contributed by atoms with Gasteiger partial charge in [-0.25, -0.2) is 0 Å². The van der Waals surface area contributed by atoms with Gasteiger partial charge in [-0.05, 0) is 6.07 Å². The highest BCUT2D eigenvalue weighted by Crippen LogP contribution is 2.45. The Morgan fingerprint density at radius 2 is 1.92 bits per heavy atom. The Kier molecular flexibility index (Phi) is 5.33. The highest BCUT2D eigenvalue weighted by atomic mass is 79.9. The lowest BCUT2D eigenvalue weighted by Crippen LogP contribution is -2.24. The van der Waals surface area contributed by atoms with Crippen molar-refractivity contribution in [3.63, 3.8) is 0 Å². The Bertz CT molecular complexity index is 853. The first-order valence-corrected chi connectivity index (χ1v) is 7.46. The number of benzene rings is 1. The predicted octanol–water partition coefficient (Wildman–Crippen LogP) is 5.17. The van der Waals surface area contributed by atoms with Crippen LogP contribution in [0.15, 0.2) is 18.2 Å². The number of hydrogen-bond acceptors (Lipinski definition) is 5. The second kappa shape index (κ2) is 6.87. The van der Waals surface area contributed by atoms with Crippen LogP contribution in [0.4, 0.5) is 27.6 Å². The average molecular weight is 467 g/mol. The molecule has 1 aromatic heterocycles. The summed E-state index contributed by atoms with van der Waals surface area (Å²) in [6.07, 6.45) is -5.25. The van der Waals surface area contributed by atoms with Gasteiger partial charge in [0.05, 0.1) is 12.0 Å². The van der Waals surface area contributed by atoms with E-state index in [9.17, 15) is 32.1 Å². The molecule has 0 unspecified atom stereocenters. The zero-order chi connectivity index (χ0) is 19.9. The van der Waals surface area contributed by atoms with Crippen molar-refractivity contribution in [3.8, 4) is 17.4 Å². The average Bonchev–Trinajstić information content (AvgIpc) is 2.84. The lowest BCUT2D eigenvalue weighted by Gasteiger charge is -2.14. The summed E-state index contributed by atoms with van der Waals surface area (Å²) >= 11 is 7.27. The molecule has 0 atom stereocenters. The first-order valence-electron chi connectivity index (χ1n) is 6.29. The topological polar surface area (TPSA) is 79.4 Å². The van der Waals surface area contributed by atoms with Crippen LogP contribution in [-0.4, -0.2) is 21.8 Å². The Labute approximate surface area is 154 Å². The van der Waals surface area contributed by atoms with Gasteiger partial charge in [0, 0.05) is 28.1 Å². The smallest absolute Gasteiger partial charge is 0.434 e. The normalized spacial score (nSPS) is 12.2. The van der Waals surface area contributed by atoms with E-state index in [4.69, 9.17) is 21.1 Å². The number of aromatic nitrogens is 2. The maximum atomic E-state index is 13.3. The van der Waals surface area contributed by atoms with Gasteiger partial charge in [-0.3, -0.25) is 10.1 Å². The molecule has 14 heteroatoms. The summed E-state index contributed by atoms with van der Waals surface area (Å²) in [5, 5.41) is 12.6. The SMILES string of the molecule is COc1cc(Oc2nn(C(F)(F)Br)c(C(F)(F)F)c2Cl)ccc1[N+](=O)[O-]. The molecule has 0 bridgehead atoms. The molecule has 0 fully saturated rings. The van der Waals surface area contributed by atoms with Crippen LogP contribution in [0.1, 0.15) is 5.69 Å². The number of nitrogens with zero attached hydrogens (tertiary/aromatic N) is 3. The highest BCUT2D eigenvalue weighted by molar-refractivity contribution is 9.09. The molecule has 0 saturated carbocycles.